The van der Waals surface area contributed by atoms with Gasteiger partial charge in [-0.25, -0.2) is 0 Å². The molecule has 0 aliphatic carbocycles. The second-order valence-electron chi connectivity index (χ2n) is 8.11. The first-order valence-electron chi connectivity index (χ1n) is 10.4. The van der Waals surface area contributed by atoms with Gasteiger partial charge in [0.15, 0.2) is 0 Å². The zero-order chi connectivity index (χ0) is 16.5. The van der Waals surface area contributed by atoms with Crippen LogP contribution in [0.2, 0.25) is 0 Å². The standard InChI is InChI=1S/C22H45/c1-5-7-9-10-11-12-13-14-15-16-17-19-21-22(3,4)20-18-8-6-2/h2,5-21H2,1,3-4H3. The number of rotatable bonds is 17. The molecule has 0 aliphatic heterocycles. The van der Waals surface area contributed by atoms with Gasteiger partial charge >= 0.3 is 0 Å². The van der Waals surface area contributed by atoms with Gasteiger partial charge < -0.3 is 0 Å². The van der Waals surface area contributed by atoms with Gasteiger partial charge in [0, 0.05) is 0 Å². The van der Waals surface area contributed by atoms with Crippen LogP contribution in [0.3, 0.4) is 0 Å². The minimum atomic E-state index is 0.563. The molecule has 0 nitrogen and oxygen atoms in total. The second kappa shape index (κ2) is 15.9. The van der Waals surface area contributed by atoms with E-state index < -0.39 is 0 Å². The summed E-state index contributed by atoms with van der Waals surface area (Å²) in [6, 6.07) is 0. The maximum atomic E-state index is 3.94. The highest BCUT2D eigenvalue weighted by Crippen LogP contribution is 2.30. The highest BCUT2D eigenvalue weighted by atomic mass is 14.2. The van der Waals surface area contributed by atoms with Gasteiger partial charge in [-0.05, 0) is 18.3 Å². The summed E-state index contributed by atoms with van der Waals surface area (Å²) in [5.41, 5.74) is 0.563. The third-order valence-corrected chi connectivity index (χ3v) is 5.06. The molecule has 0 atom stereocenters. The van der Waals surface area contributed by atoms with E-state index in [9.17, 15) is 0 Å². The van der Waals surface area contributed by atoms with Crippen LogP contribution in [-0.4, -0.2) is 0 Å². The van der Waals surface area contributed by atoms with Gasteiger partial charge in [-0.15, -0.1) is 0 Å². The Balaban J connectivity index is 3.22. The Morgan fingerprint density at radius 1 is 0.545 bits per heavy atom. The fourth-order valence-electron chi connectivity index (χ4n) is 3.35. The molecular formula is C22H45. The maximum absolute atomic E-state index is 3.94. The van der Waals surface area contributed by atoms with Crippen LogP contribution in [0.4, 0.5) is 0 Å². The predicted molar refractivity (Wildman–Crippen MR) is 103 cm³/mol. The predicted octanol–water partition coefficient (Wildman–Crippen LogP) is 8.50. The Bertz CT molecular complexity index is 204. The molecule has 0 saturated carbocycles. The van der Waals surface area contributed by atoms with Crippen molar-refractivity contribution in [3.05, 3.63) is 6.92 Å². The summed E-state index contributed by atoms with van der Waals surface area (Å²) in [5.74, 6) is 0. The molecule has 22 heavy (non-hydrogen) atoms. The van der Waals surface area contributed by atoms with Crippen molar-refractivity contribution in [1.29, 1.82) is 0 Å². The molecule has 0 aromatic carbocycles. The molecule has 0 spiro atoms. The number of hydrogen-bond acceptors (Lipinski definition) is 0. The summed E-state index contributed by atoms with van der Waals surface area (Å²) in [6.45, 7) is 11.1. The van der Waals surface area contributed by atoms with Crippen molar-refractivity contribution in [2.24, 2.45) is 5.41 Å². The second-order valence-corrected chi connectivity index (χ2v) is 8.11. The summed E-state index contributed by atoms with van der Waals surface area (Å²) in [5, 5.41) is 0. The van der Waals surface area contributed by atoms with E-state index in [4.69, 9.17) is 0 Å². The molecule has 0 heterocycles. The van der Waals surface area contributed by atoms with E-state index in [1.165, 1.54) is 103 Å². The molecule has 0 aromatic heterocycles. The molecule has 133 valence electrons. The van der Waals surface area contributed by atoms with Crippen LogP contribution in [0.1, 0.15) is 130 Å². The van der Waals surface area contributed by atoms with Crippen molar-refractivity contribution in [2.45, 2.75) is 130 Å². The lowest BCUT2D eigenvalue weighted by Gasteiger charge is -2.24. The monoisotopic (exact) mass is 309 g/mol. The van der Waals surface area contributed by atoms with Gasteiger partial charge in [0.05, 0.1) is 0 Å². The van der Waals surface area contributed by atoms with E-state index in [0.29, 0.717) is 5.41 Å². The van der Waals surface area contributed by atoms with Crippen molar-refractivity contribution < 1.29 is 0 Å². The molecule has 0 bridgehead atoms. The maximum Gasteiger partial charge on any atom is -0.0354 e. The van der Waals surface area contributed by atoms with Gasteiger partial charge in [-0.1, -0.05) is 124 Å². The van der Waals surface area contributed by atoms with E-state index in [-0.39, 0.29) is 0 Å². The molecule has 0 N–H and O–H groups in total. The Morgan fingerprint density at radius 3 is 1.32 bits per heavy atom. The zero-order valence-corrected chi connectivity index (χ0v) is 16.2. The molecule has 0 unspecified atom stereocenters. The van der Waals surface area contributed by atoms with Crippen LogP contribution in [0.15, 0.2) is 0 Å². The average molecular weight is 310 g/mol. The lowest BCUT2D eigenvalue weighted by atomic mass is 9.82. The number of unbranched alkanes of at least 4 members (excludes halogenated alkanes) is 13. The number of hydrogen-bond donors (Lipinski definition) is 0. The summed E-state index contributed by atoms with van der Waals surface area (Å²) >= 11 is 0. The van der Waals surface area contributed by atoms with Crippen LogP contribution >= 0.6 is 0 Å². The highest BCUT2D eigenvalue weighted by Gasteiger charge is 2.16. The zero-order valence-electron chi connectivity index (χ0n) is 16.2. The average Bonchev–Trinajstić information content (AvgIpc) is 2.48. The van der Waals surface area contributed by atoms with Gasteiger partial charge in [0.1, 0.15) is 0 Å². The first-order chi connectivity index (χ1) is 10.6. The summed E-state index contributed by atoms with van der Waals surface area (Å²) in [4.78, 5) is 0. The minimum absolute atomic E-state index is 0.563. The Hall–Kier alpha value is 0. The fraction of sp³-hybridized carbons (Fsp3) is 0.955. The SMILES string of the molecule is [CH2]CCCCC(C)(C)CCCCCCCCCCCCCC. The van der Waals surface area contributed by atoms with Crippen molar-refractivity contribution in [1.82, 2.24) is 0 Å². The lowest BCUT2D eigenvalue weighted by molar-refractivity contribution is 0.284. The van der Waals surface area contributed by atoms with Crippen molar-refractivity contribution in [3.63, 3.8) is 0 Å². The van der Waals surface area contributed by atoms with Crippen LogP contribution < -0.4 is 0 Å². The van der Waals surface area contributed by atoms with Crippen LogP contribution in [0.5, 0.6) is 0 Å². The van der Waals surface area contributed by atoms with Crippen molar-refractivity contribution >= 4 is 0 Å². The molecule has 1 radical (unpaired) electrons. The molecule has 0 rings (SSSR count). The molecule has 0 fully saturated rings. The van der Waals surface area contributed by atoms with Gasteiger partial charge in [-0.3, -0.25) is 0 Å². The summed E-state index contributed by atoms with van der Waals surface area (Å²) in [7, 11) is 0. The van der Waals surface area contributed by atoms with E-state index in [2.05, 4.69) is 27.7 Å². The Morgan fingerprint density at radius 2 is 0.909 bits per heavy atom. The molecule has 0 aliphatic rings. The van der Waals surface area contributed by atoms with Crippen LogP contribution in [-0.2, 0) is 0 Å². The highest BCUT2D eigenvalue weighted by molar-refractivity contribution is 4.68. The molecule has 0 saturated heterocycles. The smallest absolute Gasteiger partial charge is 0.0354 e. The summed E-state index contributed by atoms with van der Waals surface area (Å²) in [6.07, 6.45) is 24.0. The van der Waals surface area contributed by atoms with Crippen molar-refractivity contribution in [2.75, 3.05) is 0 Å². The third kappa shape index (κ3) is 16.4. The van der Waals surface area contributed by atoms with Crippen molar-refractivity contribution in [3.8, 4) is 0 Å². The van der Waals surface area contributed by atoms with Crippen LogP contribution in [0, 0.1) is 12.3 Å². The van der Waals surface area contributed by atoms with E-state index >= 15 is 0 Å². The summed E-state index contributed by atoms with van der Waals surface area (Å²) < 4.78 is 0. The Kier molecular flexibility index (Phi) is 15.9. The van der Waals surface area contributed by atoms with E-state index in [1.807, 2.05) is 0 Å². The third-order valence-electron chi connectivity index (χ3n) is 5.06. The normalized spacial score (nSPS) is 12.0. The first kappa shape index (κ1) is 22.0. The van der Waals surface area contributed by atoms with Crippen LogP contribution in [0.25, 0.3) is 0 Å². The molecule has 0 heteroatoms. The Labute approximate surface area is 142 Å². The molecule has 0 aromatic rings. The molecule has 0 amide bonds. The van der Waals surface area contributed by atoms with E-state index in [1.54, 1.807) is 0 Å². The van der Waals surface area contributed by atoms with Gasteiger partial charge in [0.25, 0.3) is 0 Å². The first-order valence-corrected chi connectivity index (χ1v) is 10.4. The molecular weight excluding hydrogens is 264 g/mol. The largest absolute Gasteiger partial charge is 0.0654 e. The quantitative estimate of drug-likeness (QED) is 0.236. The van der Waals surface area contributed by atoms with Gasteiger partial charge in [-0.2, -0.15) is 0 Å². The van der Waals surface area contributed by atoms with E-state index in [0.717, 1.165) is 6.42 Å². The lowest BCUT2D eigenvalue weighted by Crippen LogP contribution is -2.10. The topological polar surface area (TPSA) is 0 Å². The fourth-order valence-corrected chi connectivity index (χ4v) is 3.35. The van der Waals surface area contributed by atoms with Gasteiger partial charge in [0.2, 0.25) is 0 Å². The minimum Gasteiger partial charge on any atom is -0.0654 e.